The van der Waals surface area contributed by atoms with Gasteiger partial charge in [0.1, 0.15) is 0 Å². The van der Waals surface area contributed by atoms with Crippen LogP contribution in [0.2, 0.25) is 0 Å². The minimum absolute atomic E-state index is 0.0593. The Labute approximate surface area is 116 Å². The molecule has 0 bridgehead atoms. The minimum atomic E-state index is -0.0645. The van der Waals surface area contributed by atoms with Crippen LogP contribution in [0.4, 0.5) is 0 Å². The third-order valence-electron chi connectivity index (χ3n) is 3.43. The summed E-state index contributed by atoms with van der Waals surface area (Å²) in [4.78, 5) is 2.41. The molecule has 1 aromatic rings. The number of phenols is 2. The van der Waals surface area contributed by atoms with E-state index in [9.17, 15) is 10.2 Å². The van der Waals surface area contributed by atoms with Crippen LogP contribution in [-0.4, -0.2) is 47.8 Å². The lowest BCUT2D eigenvalue weighted by Gasteiger charge is -2.27. The topological polar surface area (TPSA) is 55.7 Å². The molecule has 0 unspecified atom stereocenters. The quantitative estimate of drug-likeness (QED) is 0.742. The number of nitrogens with zero attached hydrogens (tertiary/aromatic N) is 1. The number of nitrogens with one attached hydrogen (secondary N) is 1. The molecule has 1 aliphatic rings. The Morgan fingerprint density at radius 1 is 1.33 bits per heavy atom. The van der Waals surface area contributed by atoms with E-state index in [1.165, 1.54) is 0 Å². The number of rotatable bonds is 3. The standard InChI is InChI=1S/C13H19BrN2O2/c1-9-8-11(17)13(18)12(14)10(9)2-5-16-6-3-15-4-7-16/h8,15,17-18H,2-7H2,1H3. The first-order chi connectivity index (χ1) is 8.59. The predicted molar refractivity (Wildman–Crippen MR) is 75.2 cm³/mol. The van der Waals surface area contributed by atoms with Crippen LogP contribution in [0.1, 0.15) is 11.1 Å². The second-order valence-electron chi connectivity index (χ2n) is 4.70. The van der Waals surface area contributed by atoms with Gasteiger partial charge in [-0.3, -0.25) is 0 Å². The lowest BCUT2D eigenvalue weighted by atomic mass is 10.0. The highest BCUT2D eigenvalue weighted by Crippen LogP contribution is 2.38. The second kappa shape index (κ2) is 5.91. The van der Waals surface area contributed by atoms with Gasteiger partial charge < -0.3 is 20.4 Å². The molecule has 1 aliphatic heterocycles. The maximum atomic E-state index is 9.73. The molecule has 5 heteroatoms. The van der Waals surface area contributed by atoms with Gasteiger partial charge in [-0.15, -0.1) is 0 Å². The maximum Gasteiger partial charge on any atom is 0.172 e. The van der Waals surface area contributed by atoms with E-state index in [0.717, 1.165) is 50.3 Å². The molecule has 1 aromatic carbocycles. The fourth-order valence-corrected chi connectivity index (χ4v) is 3.01. The van der Waals surface area contributed by atoms with Gasteiger partial charge in [-0.1, -0.05) is 0 Å². The summed E-state index contributed by atoms with van der Waals surface area (Å²) in [7, 11) is 0. The molecule has 100 valence electrons. The van der Waals surface area contributed by atoms with Gasteiger partial charge in [0.05, 0.1) is 4.47 Å². The van der Waals surface area contributed by atoms with Gasteiger partial charge in [0, 0.05) is 32.7 Å². The van der Waals surface area contributed by atoms with Gasteiger partial charge in [-0.05, 0) is 46.5 Å². The van der Waals surface area contributed by atoms with Crippen molar-refractivity contribution in [1.29, 1.82) is 0 Å². The lowest BCUT2D eigenvalue weighted by molar-refractivity contribution is 0.243. The second-order valence-corrected chi connectivity index (χ2v) is 5.49. The summed E-state index contributed by atoms with van der Waals surface area (Å²) in [5.74, 6) is -0.124. The molecule has 1 fully saturated rings. The van der Waals surface area contributed by atoms with Gasteiger partial charge in [-0.2, -0.15) is 0 Å². The minimum Gasteiger partial charge on any atom is -0.504 e. The van der Waals surface area contributed by atoms with Crippen LogP contribution in [0.25, 0.3) is 0 Å². The highest BCUT2D eigenvalue weighted by Gasteiger charge is 2.15. The van der Waals surface area contributed by atoms with Crippen LogP contribution >= 0.6 is 15.9 Å². The fourth-order valence-electron chi connectivity index (χ4n) is 2.30. The Hall–Kier alpha value is -0.780. The summed E-state index contributed by atoms with van der Waals surface area (Å²) in [5, 5.41) is 22.6. The number of phenolic OH excluding ortho intramolecular Hbond substituents is 2. The van der Waals surface area contributed by atoms with Crippen molar-refractivity contribution in [1.82, 2.24) is 10.2 Å². The van der Waals surface area contributed by atoms with E-state index >= 15 is 0 Å². The molecule has 3 N–H and O–H groups in total. The summed E-state index contributed by atoms with van der Waals surface area (Å²) in [6, 6.07) is 1.62. The van der Waals surface area contributed by atoms with Crippen LogP contribution in [0.3, 0.4) is 0 Å². The van der Waals surface area contributed by atoms with Crippen LogP contribution in [0.5, 0.6) is 11.5 Å². The third-order valence-corrected chi connectivity index (χ3v) is 4.29. The summed E-state index contributed by atoms with van der Waals surface area (Å²) in [6.07, 6.45) is 0.875. The smallest absolute Gasteiger partial charge is 0.172 e. The summed E-state index contributed by atoms with van der Waals surface area (Å²) >= 11 is 3.37. The van der Waals surface area contributed by atoms with Gasteiger partial charge in [-0.25, -0.2) is 0 Å². The number of piperazine rings is 1. The zero-order valence-corrected chi connectivity index (χ0v) is 12.1. The lowest BCUT2D eigenvalue weighted by Crippen LogP contribution is -2.44. The largest absolute Gasteiger partial charge is 0.504 e. The summed E-state index contributed by atoms with van der Waals surface area (Å²) in [5.41, 5.74) is 2.08. The third kappa shape index (κ3) is 2.96. The zero-order chi connectivity index (χ0) is 13.1. The molecule has 0 spiro atoms. The van der Waals surface area contributed by atoms with E-state index in [0.29, 0.717) is 4.47 Å². The van der Waals surface area contributed by atoms with E-state index in [1.54, 1.807) is 6.07 Å². The molecule has 18 heavy (non-hydrogen) atoms. The van der Waals surface area contributed by atoms with E-state index in [1.807, 2.05) is 6.92 Å². The molecule has 1 heterocycles. The highest BCUT2D eigenvalue weighted by molar-refractivity contribution is 9.10. The van der Waals surface area contributed by atoms with Crippen molar-refractivity contribution in [2.24, 2.45) is 0 Å². The first kappa shape index (κ1) is 13.6. The van der Waals surface area contributed by atoms with Gasteiger partial charge in [0.2, 0.25) is 0 Å². The maximum absolute atomic E-state index is 9.73. The van der Waals surface area contributed by atoms with Crippen molar-refractivity contribution in [3.05, 3.63) is 21.7 Å². The molecular formula is C13H19BrN2O2. The van der Waals surface area contributed by atoms with Gasteiger partial charge in [0.15, 0.2) is 11.5 Å². The first-order valence-corrected chi connectivity index (χ1v) is 7.02. The van der Waals surface area contributed by atoms with Crippen molar-refractivity contribution in [2.75, 3.05) is 32.7 Å². The number of aromatic hydroxyl groups is 2. The van der Waals surface area contributed by atoms with Crippen molar-refractivity contribution in [2.45, 2.75) is 13.3 Å². The highest BCUT2D eigenvalue weighted by atomic mass is 79.9. The number of halogens is 1. The average molecular weight is 315 g/mol. The Morgan fingerprint density at radius 3 is 2.67 bits per heavy atom. The number of benzene rings is 1. The normalized spacial score (nSPS) is 17.0. The Balaban J connectivity index is 2.06. The number of hydrogen-bond donors (Lipinski definition) is 3. The van der Waals surface area contributed by atoms with E-state index < -0.39 is 0 Å². The molecule has 0 aliphatic carbocycles. The Kier molecular flexibility index (Phi) is 4.48. The van der Waals surface area contributed by atoms with Crippen molar-refractivity contribution in [3.63, 3.8) is 0 Å². The molecule has 4 nitrogen and oxygen atoms in total. The first-order valence-electron chi connectivity index (χ1n) is 6.22. The summed E-state index contributed by atoms with van der Waals surface area (Å²) in [6.45, 7) is 7.16. The molecule has 0 aromatic heterocycles. The number of aryl methyl sites for hydroxylation is 1. The zero-order valence-electron chi connectivity index (χ0n) is 10.5. The molecule has 1 saturated heterocycles. The van der Waals surface area contributed by atoms with E-state index in [-0.39, 0.29) is 11.5 Å². The van der Waals surface area contributed by atoms with Crippen LogP contribution in [-0.2, 0) is 6.42 Å². The molecule has 0 atom stereocenters. The predicted octanol–water partition coefficient (Wildman–Crippen LogP) is 1.62. The van der Waals surface area contributed by atoms with Gasteiger partial charge >= 0.3 is 0 Å². The molecule has 0 radical (unpaired) electrons. The molecule has 2 rings (SSSR count). The molecule has 0 saturated carbocycles. The fraction of sp³-hybridized carbons (Fsp3) is 0.538. The Morgan fingerprint density at radius 2 is 2.00 bits per heavy atom. The van der Waals surface area contributed by atoms with E-state index in [2.05, 4.69) is 26.1 Å². The molecule has 0 amide bonds. The van der Waals surface area contributed by atoms with Crippen molar-refractivity contribution < 1.29 is 10.2 Å². The van der Waals surface area contributed by atoms with Crippen LogP contribution < -0.4 is 5.32 Å². The van der Waals surface area contributed by atoms with Crippen LogP contribution in [0.15, 0.2) is 10.5 Å². The summed E-state index contributed by atoms with van der Waals surface area (Å²) < 4.78 is 0.620. The van der Waals surface area contributed by atoms with Gasteiger partial charge in [0.25, 0.3) is 0 Å². The number of hydrogen-bond acceptors (Lipinski definition) is 4. The van der Waals surface area contributed by atoms with Crippen molar-refractivity contribution >= 4 is 15.9 Å². The van der Waals surface area contributed by atoms with Crippen molar-refractivity contribution in [3.8, 4) is 11.5 Å². The Bertz CT molecular complexity index is 431. The van der Waals surface area contributed by atoms with Crippen LogP contribution in [0, 0.1) is 6.92 Å². The average Bonchev–Trinajstić information content (AvgIpc) is 2.37. The SMILES string of the molecule is Cc1cc(O)c(O)c(Br)c1CCN1CCNCC1. The monoisotopic (exact) mass is 314 g/mol. The van der Waals surface area contributed by atoms with E-state index in [4.69, 9.17) is 0 Å². The molecular weight excluding hydrogens is 296 g/mol.